The molecule has 0 unspecified atom stereocenters. The van der Waals surface area contributed by atoms with Gasteiger partial charge in [0, 0.05) is 33.2 Å². The van der Waals surface area contributed by atoms with Crippen LogP contribution in [0.2, 0.25) is 0 Å². The molecule has 6 heteroatoms. The number of aliphatic hydroxyl groups excluding tert-OH is 1. The van der Waals surface area contributed by atoms with E-state index in [1.165, 1.54) is 0 Å². The zero-order valence-corrected chi connectivity index (χ0v) is 12.2. The topological polar surface area (TPSA) is 67.6 Å². The molecule has 0 saturated heterocycles. The highest BCUT2D eigenvalue weighted by molar-refractivity contribution is 5.77. The van der Waals surface area contributed by atoms with Gasteiger partial charge in [-0.25, -0.2) is 4.98 Å². The number of carbonyl (C=O) groups is 1. The van der Waals surface area contributed by atoms with Crippen molar-refractivity contribution in [1.29, 1.82) is 0 Å². The van der Waals surface area contributed by atoms with Crippen molar-refractivity contribution >= 4 is 16.9 Å². The lowest BCUT2D eigenvalue weighted by atomic mass is 10.3. The molecule has 1 aromatic carbocycles. The molecule has 1 aromatic heterocycles. The number of fused-ring (bicyclic) bond motifs is 1. The number of amides is 1. The summed E-state index contributed by atoms with van der Waals surface area (Å²) >= 11 is 0. The maximum atomic E-state index is 12.2. The number of para-hydroxylation sites is 2. The van der Waals surface area contributed by atoms with Crippen molar-refractivity contribution < 1.29 is 14.6 Å². The summed E-state index contributed by atoms with van der Waals surface area (Å²) in [4.78, 5) is 18.1. The highest BCUT2D eigenvalue weighted by atomic mass is 16.5. The molecule has 0 spiro atoms. The quantitative estimate of drug-likeness (QED) is 0.784. The molecule has 6 nitrogen and oxygen atoms in total. The fourth-order valence-electron chi connectivity index (χ4n) is 2.25. The number of aryl methyl sites for hydroxylation is 1. The van der Waals surface area contributed by atoms with Crippen LogP contribution in [-0.4, -0.2) is 58.9 Å². The molecule has 0 radical (unpaired) electrons. The van der Waals surface area contributed by atoms with Crippen molar-refractivity contribution in [1.82, 2.24) is 14.5 Å². The highest BCUT2D eigenvalue weighted by Gasteiger charge is 2.13. The van der Waals surface area contributed by atoms with Gasteiger partial charge in [0.2, 0.25) is 5.91 Å². The zero-order valence-electron chi connectivity index (χ0n) is 12.2. The average molecular weight is 291 g/mol. The Bertz CT molecular complexity index is 582. The van der Waals surface area contributed by atoms with Crippen LogP contribution < -0.4 is 0 Å². The number of aliphatic hydroxyl groups is 1. The lowest BCUT2D eigenvalue weighted by molar-refractivity contribution is -0.132. The average Bonchev–Trinajstić information content (AvgIpc) is 2.92. The van der Waals surface area contributed by atoms with E-state index in [2.05, 4.69) is 4.98 Å². The van der Waals surface area contributed by atoms with E-state index in [1.807, 2.05) is 28.8 Å². The minimum Gasteiger partial charge on any atom is -0.395 e. The molecular weight excluding hydrogens is 270 g/mol. The van der Waals surface area contributed by atoms with Crippen LogP contribution in [0.3, 0.4) is 0 Å². The molecule has 1 N–H and O–H groups in total. The van der Waals surface area contributed by atoms with Crippen LogP contribution in [0.1, 0.15) is 6.42 Å². The Kier molecular flexibility index (Phi) is 5.71. The van der Waals surface area contributed by atoms with Gasteiger partial charge in [0.15, 0.2) is 0 Å². The largest absolute Gasteiger partial charge is 0.395 e. The Balaban J connectivity index is 1.95. The smallest absolute Gasteiger partial charge is 0.224 e. The summed E-state index contributed by atoms with van der Waals surface area (Å²) in [6.45, 7) is 1.85. The van der Waals surface area contributed by atoms with Gasteiger partial charge in [-0.2, -0.15) is 0 Å². The van der Waals surface area contributed by atoms with Gasteiger partial charge in [-0.15, -0.1) is 0 Å². The minimum atomic E-state index is -0.0382. The first kappa shape index (κ1) is 15.5. The first-order valence-electron chi connectivity index (χ1n) is 7.03. The number of aromatic nitrogens is 2. The predicted molar refractivity (Wildman–Crippen MR) is 79.9 cm³/mol. The van der Waals surface area contributed by atoms with E-state index in [0.717, 1.165) is 11.0 Å². The normalized spacial score (nSPS) is 11.0. The van der Waals surface area contributed by atoms with Gasteiger partial charge in [0.1, 0.15) is 0 Å². The van der Waals surface area contributed by atoms with Crippen LogP contribution in [0.25, 0.3) is 11.0 Å². The molecule has 0 aliphatic rings. The van der Waals surface area contributed by atoms with Gasteiger partial charge in [-0.1, -0.05) is 12.1 Å². The molecular formula is C15H21N3O3. The molecule has 0 aliphatic carbocycles. The Morgan fingerprint density at radius 1 is 1.38 bits per heavy atom. The molecule has 0 saturated carbocycles. The molecule has 1 heterocycles. The van der Waals surface area contributed by atoms with Crippen LogP contribution in [0.15, 0.2) is 30.6 Å². The molecule has 0 fully saturated rings. The lowest BCUT2D eigenvalue weighted by Crippen LogP contribution is -2.36. The standard InChI is InChI=1S/C15H21N3O3/c1-21-11-9-17(8-10-19)15(20)6-7-18-12-16-13-4-2-3-5-14(13)18/h2-5,12,19H,6-11H2,1H3. The first-order valence-corrected chi connectivity index (χ1v) is 7.03. The summed E-state index contributed by atoms with van der Waals surface area (Å²) in [5.41, 5.74) is 1.95. The molecule has 1 amide bonds. The number of rotatable bonds is 8. The van der Waals surface area contributed by atoms with Crippen LogP contribution in [-0.2, 0) is 16.1 Å². The van der Waals surface area contributed by atoms with Crippen LogP contribution >= 0.6 is 0 Å². The summed E-state index contributed by atoms with van der Waals surface area (Å²) < 4.78 is 6.96. The van der Waals surface area contributed by atoms with E-state index in [0.29, 0.717) is 32.7 Å². The number of benzene rings is 1. The lowest BCUT2D eigenvalue weighted by Gasteiger charge is -2.21. The second-order valence-electron chi connectivity index (χ2n) is 4.77. The van der Waals surface area contributed by atoms with Crippen molar-refractivity contribution in [2.45, 2.75) is 13.0 Å². The number of hydrogen-bond acceptors (Lipinski definition) is 4. The van der Waals surface area contributed by atoms with Crippen LogP contribution in [0, 0.1) is 0 Å². The van der Waals surface area contributed by atoms with E-state index in [4.69, 9.17) is 9.84 Å². The fourth-order valence-corrected chi connectivity index (χ4v) is 2.25. The Hall–Kier alpha value is -1.92. The van der Waals surface area contributed by atoms with E-state index < -0.39 is 0 Å². The van der Waals surface area contributed by atoms with Gasteiger partial charge < -0.3 is 19.3 Å². The van der Waals surface area contributed by atoms with Crippen LogP contribution in [0.5, 0.6) is 0 Å². The molecule has 0 aliphatic heterocycles. The minimum absolute atomic E-state index is 0.0129. The molecule has 2 aromatic rings. The Morgan fingerprint density at radius 2 is 2.19 bits per heavy atom. The number of imidazole rings is 1. The molecule has 21 heavy (non-hydrogen) atoms. The summed E-state index contributed by atoms with van der Waals surface area (Å²) in [6.07, 6.45) is 2.13. The number of hydrogen-bond donors (Lipinski definition) is 1. The van der Waals surface area contributed by atoms with Crippen molar-refractivity contribution in [3.05, 3.63) is 30.6 Å². The number of ether oxygens (including phenoxy) is 1. The second-order valence-corrected chi connectivity index (χ2v) is 4.77. The van der Waals surface area contributed by atoms with E-state index >= 15 is 0 Å². The number of carbonyl (C=O) groups excluding carboxylic acids is 1. The summed E-state index contributed by atoms with van der Waals surface area (Å²) in [6, 6.07) is 7.84. The Morgan fingerprint density at radius 3 is 2.95 bits per heavy atom. The SMILES string of the molecule is COCCN(CCO)C(=O)CCn1cnc2ccccc21. The third-order valence-electron chi connectivity index (χ3n) is 3.38. The van der Waals surface area contributed by atoms with E-state index in [9.17, 15) is 4.79 Å². The fraction of sp³-hybridized carbons (Fsp3) is 0.467. The van der Waals surface area contributed by atoms with Crippen molar-refractivity contribution in [2.24, 2.45) is 0 Å². The number of methoxy groups -OCH3 is 1. The van der Waals surface area contributed by atoms with Crippen LogP contribution in [0.4, 0.5) is 0 Å². The summed E-state index contributed by atoms with van der Waals surface area (Å²) in [5, 5.41) is 9.03. The second kappa shape index (κ2) is 7.75. The van der Waals surface area contributed by atoms with Gasteiger partial charge in [0.05, 0.1) is 30.6 Å². The van der Waals surface area contributed by atoms with E-state index in [-0.39, 0.29) is 12.5 Å². The Labute approximate surface area is 124 Å². The van der Waals surface area contributed by atoms with Gasteiger partial charge >= 0.3 is 0 Å². The summed E-state index contributed by atoms with van der Waals surface area (Å²) in [5.74, 6) is 0.0129. The van der Waals surface area contributed by atoms with Gasteiger partial charge in [0.25, 0.3) is 0 Å². The predicted octanol–water partition coefficient (Wildman–Crippen LogP) is 0.894. The van der Waals surface area contributed by atoms with Gasteiger partial charge in [-0.3, -0.25) is 4.79 Å². The molecule has 0 atom stereocenters. The van der Waals surface area contributed by atoms with Crippen molar-refractivity contribution in [2.75, 3.05) is 33.4 Å². The molecule has 0 bridgehead atoms. The third kappa shape index (κ3) is 4.03. The van der Waals surface area contributed by atoms with E-state index in [1.54, 1.807) is 18.3 Å². The third-order valence-corrected chi connectivity index (χ3v) is 3.38. The first-order chi connectivity index (χ1) is 10.3. The molecule has 114 valence electrons. The maximum absolute atomic E-state index is 12.2. The van der Waals surface area contributed by atoms with Crippen molar-refractivity contribution in [3.63, 3.8) is 0 Å². The molecule has 2 rings (SSSR count). The highest BCUT2D eigenvalue weighted by Crippen LogP contribution is 2.12. The zero-order chi connectivity index (χ0) is 15.1. The maximum Gasteiger partial charge on any atom is 0.224 e. The summed E-state index contributed by atoms with van der Waals surface area (Å²) in [7, 11) is 1.60. The van der Waals surface area contributed by atoms with Gasteiger partial charge in [-0.05, 0) is 12.1 Å². The number of nitrogens with zero attached hydrogens (tertiary/aromatic N) is 3. The monoisotopic (exact) mass is 291 g/mol. The van der Waals surface area contributed by atoms with Crippen molar-refractivity contribution in [3.8, 4) is 0 Å².